The summed E-state index contributed by atoms with van der Waals surface area (Å²) in [6.45, 7) is 2.03. The molecular formula is C15H13N3O2S. The second-order valence-electron chi connectivity index (χ2n) is 4.74. The normalized spacial score (nSPS) is 10.9. The van der Waals surface area contributed by atoms with Gasteiger partial charge in [0.05, 0.1) is 16.0 Å². The molecule has 0 radical (unpaired) electrons. The minimum atomic E-state index is -0.349. The lowest BCUT2D eigenvalue weighted by molar-refractivity contribution is -0.385. The van der Waals surface area contributed by atoms with E-state index in [4.69, 9.17) is 0 Å². The number of imidazole rings is 1. The highest BCUT2D eigenvalue weighted by Crippen LogP contribution is 2.27. The third-order valence-electron chi connectivity index (χ3n) is 3.17. The van der Waals surface area contributed by atoms with E-state index in [0.717, 1.165) is 16.2 Å². The van der Waals surface area contributed by atoms with Crippen LogP contribution in [0, 0.1) is 17.0 Å². The first-order valence-corrected chi connectivity index (χ1v) is 7.43. The number of H-pyrrole nitrogens is 1. The lowest BCUT2D eigenvalue weighted by atomic mass is 10.2. The fourth-order valence-corrected chi connectivity index (χ4v) is 3.01. The van der Waals surface area contributed by atoms with E-state index >= 15 is 0 Å². The molecule has 5 nitrogen and oxygen atoms in total. The van der Waals surface area contributed by atoms with E-state index in [1.54, 1.807) is 12.1 Å². The Bertz CT molecular complexity index is 814. The quantitative estimate of drug-likeness (QED) is 0.448. The van der Waals surface area contributed by atoms with Crippen LogP contribution < -0.4 is 0 Å². The van der Waals surface area contributed by atoms with Crippen molar-refractivity contribution in [3.63, 3.8) is 0 Å². The molecule has 6 heteroatoms. The summed E-state index contributed by atoms with van der Waals surface area (Å²) < 4.78 is 0. The number of fused-ring (bicyclic) bond motifs is 1. The number of nitro groups is 1. The molecule has 0 spiro atoms. The second kappa shape index (κ2) is 5.57. The molecular weight excluding hydrogens is 286 g/mol. The molecule has 3 aromatic rings. The topological polar surface area (TPSA) is 71.8 Å². The molecule has 0 amide bonds. The molecule has 1 heterocycles. The molecule has 0 unspecified atom stereocenters. The molecule has 106 valence electrons. The Kier molecular flexibility index (Phi) is 3.62. The van der Waals surface area contributed by atoms with Crippen LogP contribution in [0.25, 0.3) is 11.0 Å². The average molecular weight is 299 g/mol. The van der Waals surface area contributed by atoms with Crippen LogP contribution in [0.2, 0.25) is 0 Å². The monoisotopic (exact) mass is 299 g/mol. The number of hydrogen-bond acceptors (Lipinski definition) is 4. The number of thioether (sulfide) groups is 1. The van der Waals surface area contributed by atoms with E-state index in [1.165, 1.54) is 23.4 Å². The molecule has 0 bridgehead atoms. The number of aromatic nitrogens is 2. The molecule has 0 saturated heterocycles. The van der Waals surface area contributed by atoms with E-state index in [9.17, 15) is 10.1 Å². The van der Waals surface area contributed by atoms with Gasteiger partial charge in [-0.25, -0.2) is 4.98 Å². The van der Waals surface area contributed by atoms with Crippen LogP contribution in [-0.2, 0) is 5.75 Å². The summed E-state index contributed by atoms with van der Waals surface area (Å²) in [5.41, 5.74) is 3.91. The molecule has 1 N–H and O–H groups in total. The van der Waals surface area contributed by atoms with E-state index in [-0.39, 0.29) is 10.6 Å². The lowest BCUT2D eigenvalue weighted by Gasteiger charge is -2.00. The minimum absolute atomic E-state index is 0.150. The molecule has 0 aliphatic heterocycles. The van der Waals surface area contributed by atoms with Gasteiger partial charge in [0.25, 0.3) is 5.69 Å². The van der Waals surface area contributed by atoms with Gasteiger partial charge in [-0.1, -0.05) is 36.0 Å². The first kappa shape index (κ1) is 13.6. The van der Waals surface area contributed by atoms with Gasteiger partial charge >= 0.3 is 0 Å². The van der Waals surface area contributed by atoms with E-state index in [2.05, 4.69) is 9.97 Å². The maximum atomic E-state index is 11.0. The van der Waals surface area contributed by atoms with E-state index in [0.29, 0.717) is 11.3 Å². The Morgan fingerprint density at radius 3 is 2.90 bits per heavy atom. The van der Waals surface area contributed by atoms with Gasteiger partial charge in [0.2, 0.25) is 0 Å². The van der Waals surface area contributed by atoms with Crippen molar-refractivity contribution in [3.05, 3.63) is 63.7 Å². The van der Waals surface area contributed by atoms with Crippen molar-refractivity contribution in [2.45, 2.75) is 17.8 Å². The van der Waals surface area contributed by atoms with Crippen molar-refractivity contribution in [3.8, 4) is 0 Å². The lowest BCUT2D eigenvalue weighted by Crippen LogP contribution is -1.93. The van der Waals surface area contributed by atoms with Crippen LogP contribution in [0.1, 0.15) is 11.1 Å². The zero-order valence-corrected chi connectivity index (χ0v) is 12.2. The fraction of sp³-hybridized carbons (Fsp3) is 0.133. The van der Waals surface area contributed by atoms with Crippen LogP contribution in [0.4, 0.5) is 5.69 Å². The third kappa shape index (κ3) is 2.90. The van der Waals surface area contributed by atoms with Crippen molar-refractivity contribution in [1.82, 2.24) is 9.97 Å². The van der Waals surface area contributed by atoms with Gasteiger partial charge < -0.3 is 4.98 Å². The summed E-state index contributed by atoms with van der Waals surface area (Å²) >= 11 is 1.47. The predicted octanol–water partition coefficient (Wildman–Crippen LogP) is 4.07. The third-order valence-corrected chi connectivity index (χ3v) is 4.09. The largest absolute Gasteiger partial charge is 0.333 e. The van der Waals surface area contributed by atoms with Gasteiger partial charge in [-0.3, -0.25) is 10.1 Å². The zero-order chi connectivity index (χ0) is 14.8. The number of nitrogens with zero attached hydrogens (tertiary/aromatic N) is 2. The predicted molar refractivity (Wildman–Crippen MR) is 83.5 cm³/mol. The van der Waals surface area contributed by atoms with Crippen LogP contribution >= 0.6 is 11.8 Å². The first-order chi connectivity index (χ1) is 10.1. The maximum Gasteiger partial charge on any atom is 0.273 e. The van der Waals surface area contributed by atoms with Crippen molar-refractivity contribution in [1.29, 1.82) is 0 Å². The van der Waals surface area contributed by atoms with Crippen LogP contribution in [-0.4, -0.2) is 14.9 Å². The Morgan fingerprint density at radius 2 is 2.10 bits per heavy atom. The summed E-state index contributed by atoms with van der Waals surface area (Å²) in [5, 5.41) is 11.8. The molecule has 0 aliphatic rings. The van der Waals surface area contributed by atoms with Crippen LogP contribution in [0.5, 0.6) is 0 Å². The Morgan fingerprint density at radius 1 is 1.29 bits per heavy atom. The standard InChI is InChI=1S/C15H13N3O2S/c1-10-6-7-12-13(8-10)17-15(16-12)21-9-11-4-2-3-5-14(11)18(19)20/h2-8H,9H2,1H3,(H,16,17). The van der Waals surface area contributed by atoms with Crippen LogP contribution in [0.15, 0.2) is 47.6 Å². The highest BCUT2D eigenvalue weighted by atomic mass is 32.2. The van der Waals surface area contributed by atoms with Crippen LogP contribution in [0.3, 0.4) is 0 Å². The van der Waals surface area contributed by atoms with E-state index in [1.807, 2.05) is 31.2 Å². The molecule has 0 fully saturated rings. The number of aryl methyl sites for hydroxylation is 1. The first-order valence-electron chi connectivity index (χ1n) is 6.45. The number of benzene rings is 2. The van der Waals surface area contributed by atoms with Gasteiger partial charge in [0.1, 0.15) is 0 Å². The van der Waals surface area contributed by atoms with Gasteiger partial charge in [0.15, 0.2) is 5.16 Å². The fourth-order valence-electron chi connectivity index (χ4n) is 2.13. The molecule has 0 atom stereocenters. The minimum Gasteiger partial charge on any atom is -0.333 e. The summed E-state index contributed by atoms with van der Waals surface area (Å²) in [5.74, 6) is 0.510. The highest BCUT2D eigenvalue weighted by molar-refractivity contribution is 7.98. The average Bonchev–Trinajstić information content (AvgIpc) is 2.87. The maximum absolute atomic E-state index is 11.0. The highest BCUT2D eigenvalue weighted by Gasteiger charge is 2.13. The Hall–Kier alpha value is -2.34. The molecule has 3 rings (SSSR count). The second-order valence-corrected chi connectivity index (χ2v) is 5.70. The number of para-hydroxylation sites is 1. The van der Waals surface area contributed by atoms with Crippen molar-refractivity contribution < 1.29 is 4.92 Å². The summed E-state index contributed by atoms with van der Waals surface area (Å²) in [6, 6.07) is 12.8. The molecule has 21 heavy (non-hydrogen) atoms. The summed E-state index contributed by atoms with van der Waals surface area (Å²) in [4.78, 5) is 18.4. The molecule has 0 saturated carbocycles. The van der Waals surface area contributed by atoms with Gasteiger partial charge in [0, 0.05) is 17.4 Å². The van der Waals surface area contributed by atoms with Crippen molar-refractivity contribution in [2.75, 3.05) is 0 Å². The van der Waals surface area contributed by atoms with Gasteiger partial charge in [-0.05, 0) is 24.6 Å². The van der Waals surface area contributed by atoms with Crippen molar-refractivity contribution in [2.24, 2.45) is 0 Å². The number of rotatable bonds is 4. The Balaban J connectivity index is 1.82. The van der Waals surface area contributed by atoms with Gasteiger partial charge in [-0.15, -0.1) is 0 Å². The number of aromatic amines is 1. The molecule has 2 aromatic carbocycles. The molecule has 1 aromatic heterocycles. The number of nitro benzene ring substituents is 1. The van der Waals surface area contributed by atoms with E-state index < -0.39 is 0 Å². The Labute approximate surface area is 125 Å². The summed E-state index contributed by atoms with van der Waals surface area (Å²) in [7, 11) is 0. The SMILES string of the molecule is Cc1ccc2nc(SCc3ccccc3[N+](=O)[O-])[nH]c2c1. The van der Waals surface area contributed by atoms with Gasteiger partial charge in [-0.2, -0.15) is 0 Å². The summed E-state index contributed by atoms with van der Waals surface area (Å²) in [6.07, 6.45) is 0. The molecule has 0 aliphatic carbocycles. The van der Waals surface area contributed by atoms with Crippen molar-refractivity contribution >= 4 is 28.5 Å². The number of nitrogens with one attached hydrogen (secondary N) is 1. The number of hydrogen-bond donors (Lipinski definition) is 1. The smallest absolute Gasteiger partial charge is 0.273 e. The zero-order valence-electron chi connectivity index (χ0n) is 11.4.